The summed E-state index contributed by atoms with van der Waals surface area (Å²) < 4.78 is 5.63. The van der Waals surface area contributed by atoms with Crippen LogP contribution in [0.5, 0.6) is 0 Å². The minimum absolute atomic E-state index is 0.0780. The molecule has 1 heterocycles. The molecule has 1 aromatic heterocycles. The quantitative estimate of drug-likeness (QED) is 0.728. The van der Waals surface area contributed by atoms with Gasteiger partial charge in [-0.1, -0.05) is 18.2 Å². The van der Waals surface area contributed by atoms with Gasteiger partial charge in [-0.25, -0.2) is 0 Å². The third-order valence-electron chi connectivity index (χ3n) is 2.91. The minimum atomic E-state index is -0.289. The fraction of sp³-hybridized carbons (Fsp3) is 0.385. The number of aliphatic hydroxyl groups is 2. The highest BCUT2D eigenvalue weighted by Crippen LogP contribution is 2.24. The van der Waals surface area contributed by atoms with E-state index in [2.05, 4.69) is 5.32 Å². The van der Waals surface area contributed by atoms with Crippen LogP contribution in [0, 0.1) is 6.92 Å². The van der Waals surface area contributed by atoms with Crippen molar-refractivity contribution >= 4 is 11.0 Å². The van der Waals surface area contributed by atoms with E-state index in [1.165, 1.54) is 0 Å². The third kappa shape index (κ3) is 2.49. The molecule has 0 aliphatic rings. The van der Waals surface area contributed by atoms with Gasteiger partial charge in [0.25, 0.3) is 0 Å². The molecule has 0 aliphatic carbocycles. The highest BCUT2D eigenvalue weighted by atomic mass is 16.3. The molecule has 17 heavy (non-hydrogen) atoms. The number of nitrogens with one attached hydrogen (secondary N) is 1. The van der Waals surface area contributed by atoms with Crippen molar-refractivity contribution in [3.05, 3.63) is 35.6 Å². The van der Waals surface area contributed by atoms with Gasteiger partial charge in [0.05, 0.1) is 19.3 Å². The first-order valence-electron chi connectivity index (χ1n) is 5.68. The van der Waals surface area contributed by atoms with Crippen molar-refractivity contribution in [2.75, 3.05) is 13.2 Å². The first-order valence-corrected chi connectivity index (χ1v) is 5.68. The molecule has 0 fully saturated rings. The number of furan rings is 1. The molecular weight excluding hydrogens is 218 g/mol. The summed E-state index contributed by atoms with van der Waals surface area (Å²) >= 11 is 0. The second-order valence-corrected chi connectivity index (χ2v) is 4.08. The summed E-state index contributed by atoms with van der Waals surface area (Å²) in [4.78, 5) is 0. The summed E-state index contributed by atoms with van der Waals surface area (Å²) in [5, 5.41) is 22.2. The van der Waals surface area contributed by atoms with Gasteiger partial charge in [0, 0.05) is 17.5 Å². The smallest absolute Gasteiger partial charge is 0.134 e. The number of hydrogen-bond acceptors (Lipinski definition) is 4. The van der Waals surface area contributed by atoms with E-state index < -0.39 is 0 Å². The molecule has 92 valence electrons. The highest BCUT2D eigenvalue weighted by Gasteiger charge is 2.12. The van der Waals surface area contributed by atoms with Crippen LogP contribution in [0.3, 0.4) is 0 Å². The van der Waals surface area contributed by atoms with Crippen molar-refractivity contribution in [2.45, 2.75) is 19.5 Å². The van der Waals surface area contributed by atoms with Crippen molar-refractivity contribution in [1.29, 1.82) is 0 Å². The van der Waals surface area contributed by atoms with Crippen LogP contribution in [0.2, 0.25) is 0 Å². The fourth-order valence-electron chi connectivity index (χ4n) is 1.87. The van der Waals surface area contributed by atoms with Crippen molar-refractivity contribution in [1.82, 2.24) is 5.32 Å². The Morgan fingerprint density at radius 3 is 2.65 bits per heavy atom. The monoisotopic (exact) mass is 235 g/mol. The second-order valence-electron chi connectivity index (χ2n) is 4.08. The molecule has 0 atom stereocenters. The first-order chi connectivity index (χ1) is 8.26. The number of para-hydroxylation sites is 1. The van der Waals surface area contributed by atoms with Crippen LogP contribution >= 0.6 is 0 Å². The molecule has 0 aliphatic heterocycles. The van der Waals surface area contributed by atoms with E-state index in [1.807, 2.05) is 31.2 Å². The fourth-order valence-corrected chi connectivity index (χ4v) is 1.87. The Bertz CT molecular complexity index is 488. The molecule has 0 unspecified atom stereocenters. The third-order valence-corrected chi connectivity index (χ3v) is 2.91. The van der Waals surface area contributed by atoms with Crippen molar-refractivity contribution in [3.8, 4) is 0 Å². The lowest BCUT2D eigenvalue weighted by Crippen LogP contribution is -2.35. The average Bonchev–Trinajstić information content (AvgIpc) is 2.67. The molecule has 4 heteroatoms. The molecule has 0 saturated carbocycles. The van der Waals surface area contributed by atoms with Crippen LogP contribution < -0.4 is 5.32 Å². The lowest BCUT2D eigenvalue weighted by molar-refractivity contribution is 0.170. The Morgan fingerprint density at radius 1 is 1.24 bits per heavy atom. The molecule has 3 N–H and O–H groups in total. The Kier molecular flexibility index (Phi) is 3.78. The molecule has 0 saturated heterocycles. The summed E-state index contributed by atoms with van der Waals surface area (Å²) in [7, 11) is 0. The van der Waals surface area contributed by atoms with Gasteiger partial charge >= 0.3 is 0 Å². The Labute approximate surface area is 99.9 Å². The first kappa shape index (κ1) is 12.1. The van der Waals surface area contributed by atoms with Crippen LogP contribution in [-0.2, 0) is 6.54 Å². The van der Waals surface area contributed by atoms with Crippen LogP contribution in [0.4, 0.5) is 0 Å². The zero-order chi connectivity index (χ0) is 12.3. The van der Waals surface area contributed by atoms with E-state index in [0.717, 1.165) is 22.3 Å². The van der Waals surface area contributed by atoms with Gasteiger partial charge in [-0.3, -0.25) is 0 Å². The molecule has 0 bridgehead atoms. The number of hydrogen-bond donors (Lipinski definition) is 3. The SMILES string of the molecule is Cc1oc2ccccc2c1CNC(CO)CO. The average molecular weight is 235 g/mol. The molecule has 0 spiro atoms. The number of benzene rings is 1. The predicted molar refractivity (Wildman–Crippen MR) is 65.8 cm³/mol. The lowest BCUT2D eigenvalue weighted by atomic mass is 10.1. The van der Waals surface area contributed by atoms with E-state index in [-0.39, 0.29) is 19.3 Å². The second kappa shape index (κ2) is 5.31. The van der Waals surface area contributed by atoms with Crippen LogP contribution in [0.1, 0.15) is 11.3 Å². The Hall–Kier alpha value is -1.36. The van der Waals surface area contributed by atoms with Gasteiger partial charge < -0.3 is 19.9 Å². The normalized spacial score (nSPS) is 11.5. The Morgan fingerprint density at radius 2 is 1.94 bits per heavy atom. The van der Waals surface area contributed by atoms with Gasteiger partial charge in [0.2, 0.25) is 0 Å². The van der Waals surface area contributed by atoms with Crippen molar-refractivity contribution < 1.29 is 14.6 Å². The van der Waals surface area contributed by atoms with Gasteiger partial charge in [-0.05, 0) is 13.0 Å². The molecule has 0 amide bonds. The van der Waals surface area contributed by atoms with E-state index in [9.17, 15) is 0 Å². The van der Waals surface area contributed by atoms with E-state index in [4.69, 9.17) is 14.6 Å². The minimum Gasteiger partial charge on any atom is -0.461 e. The number of rotatable bonds is 5. The van der Waals surface area contributed by atoms with Gasteiger partial charge in [0.15, 0.2) is 0 Å². The van der Waals surface area contributed by atoms with E-state index >= 15 is 0 Å². The van der Waals surface area contributed by atoms with Crippen LogP contribution in [-0.4, -0.2) is 29.5 Å². The molecular formula is C13H17NO3. The van der Waals surface area contributed by atoms with Gasteiger partial charge in [0.1, 0.15) is 11.3 Å². The molecule has 2 rings (SSSR count). The molecule has 1 aromatic carbocycles. The summed E-state index contributed by atoms with van der Waals surface area (Å²) in [5.41, 5.74) is 1.94. The van der Waals surface area contributed by atoms with E-state index in [0.29, 0.717) is 6.54 Å². The van der Waals surface area contributed by atoms with Crippen molar-refractivity contribution in [2.24, 2.45) is 0 Å². The lowest BCUT2D eigenvalue weighted by Gasteiger charge is -2.12. The highest BCUT2D eigenvalue weighted by molar-refractivity contribution is 5.82. The number of aryl methyl sites for hydroxylation is 1. The van der Waals surface area contributed by atoms with Gasteiger partial charge in [-0.15, -0.1) is 0 Å². The standard InChI is InChI=1S/C13H17NO3/c1-9-12(6-14-10(7-15)8-16)11-4-2-3-5-13(11)17-9/h2-5,10,14-16H,6-8H2,1H3. The van der Waals surface area contributed by atoms with Crippen molar-refractivity contribution in [3.63, 3.8) is 0 Å². The maximum Gasteiger partial charge on any atom is 0.134 e. The van der Waals surface area contributed by atoms with Crippen LogP contribution in [0.15, 0.2) is 28.7 Å². The molecule has 4 nitrogen and oxygen atoms in total. The van der Waals surface area contributed by atoms with E-state index in [1.54, 1.807) is 0 Å². The zero-order valence-electron chi connectivity index (χ0n) is 9.81. The zero-order valence-corrected chi connectivity index (χ0v) is 9.81. The topological polar surface area (TPSA) is 65.6 Å². The maximum atomic E-state index is 8.99. The largest absolute Gasteiger partial charge is 0.461 e. The number of aliphatic hydroxyl groups excluding tert-OH is 2. The summed E-state index contributed by atoms with van der Waals surface area (Å²) in [6.07, 6.45) is 0. The summed E-state index contributed by atoms with van der Waals surface area (Å²) in [6, 6.07) is 7.56. The Balaban J connectivity index is 2.20. The number of fused-ring (bicyclic) bond motifs is 1. The summed E-state index contributed by atoms with van der Waals surface area (Å²) in [5.74, 6) is 0.869. The predicted octanol–water partition coefficient (Wildman–Crippen LogP) is 1.18. The maximum absolute atomic E-state index is 8.99. The van der Waals surface area contributed by atoms with Crippen LogP contribution in [0.25, 0.3) is 11.0 Å². The molecule has 0 radical (unpaired) electrons. The summed E-state index contributed by atoms with van der Waals surface area (Å²) in [6.45, 7) is 2.34. The molecule has 2 aromatic rings. The van der Waals surface area contributed by atoms with Gasteiger partial charge in [-0.2, -0.15) is 0 Å².